The fourth-order valence-corrected chi connectivity index (χ4v) is 1.32. The van der Waals surface area contributed by atoms with Crippen molar-refractivity contribution in [2.24, 2.45) is 0 Å². The Hall–Kier alpha value is -0.860. The first-order valence-corrected chi connectivity index (χ1v) is 4.67. The van der Waals surface area contributed by atoms with Crippen molar-refractivity contribution in [3.05, 3.63) is 35.4 Å². The van der Waals surface area contributed by atoms with Gasteiger partial charge in [-0.1, -0.05) is 29.8 Å². The van der Waals surface area contributed by atoms with E-state index < -0.39 is 0 Å². The number of hydrogen-bond acceptors (Lipinski definition) is 2. The topological polar surface area (TPSA) is 32.3 Å². The quantitative estimate of drug-likeness (QED) is 0.695. The van der Waals surface area contributed by atoms with Crippen LogP contribution in [0.3, 0.4) is 0 Å². The minimum atomic E-state index is 0.167. The molecule has 0 aliphatic rings. The van der Waals surface area contributed by atoms with Crippen LogP contribution in [-0.2, 0) is 6.42 Å². The van der Waals surface area contributed by atoms with Gasteiger partial charge < -0.3 is 5.21 Å². The predicted octanol–water partition coefficient (Wildman–Crippen LogP) is 2.29. The molecule has 0 aliphatic carbocycles. The van der Waals surface area contributed by atoms with Crippen LogP contribution < -0.4 is 5.48 Å². The molecule has 1 atom stereocenters. The summed E-state index contributed by atoms with van der Waals surface area (Å²) in [6, 6.07) is 8.64. The lowest BCUT2D eigenvalue weighted by Gasteiger charge is -2.08. The van der Waals surface area contributed by atoms with Crippen molar-refractivity contribution in [2.45, 2.75) is 32.7 Å². The highest BCUT2D eigenvalue weighted by Gasteiger charge is 1.99. The van der Waals surface area contributed by atoms with Crippen molar-refractivity contribution in [1.29, 1.82) is 0 Å². The lowest BCUT2D eigenvalue weighted by Crippen LogP contribution is -2.22. The first-order valence-electron chi connectivity index (χ1n) is 4.67. The van der Waals surface area contributed by atoms with Gasteiger partial charge in [-0.15, -0.1) is 0 Å². The Bertz CT molecular complexity index is 260. The standard InChI is InChI=1S/C11H17NO/c1-9-4-3-5-11(8-9)7-6-10(2)12-13/h3-5,8,10,12-13H,6-7H2,1-2H3. The number of nitrogens with one attached hydrogen (secondary N) is 1. The van der Waals surface area contributed by atoms with E-state index in [9.17, 15) is 0 Å². The monoisotopic (exact) mass is 179 g/mol. The Balaban J connectivity index is 2.45. The van der Waals surface area contributed by atoms with Crippen molar-refractivity contribution < 1.29 is 5.21 Å². The van der Waals surface area contributed by atoms with Gasteiger partial charge in [0.05, 0.1) is 0 Å². The Morgan fingerprint density at radius 3 is 2.85 bits per heavy atom. The molecule has 2 N–H and O–H groups in total. The highest BCUT2D eigenvalue weighted by Crippen LogP contribution is 2.07. The van der Waals surface area contributed by atoms with Gasteiger partial charge >= 0.3 is 0 Å². The summed E-state index contributed by atoms with van der Waals surface area (Å²) in [6.07, 6.45) is 1.97. The summed E-state index contributed by atoms with van der Waals surface area (Å²) in [4.78, 5) is 0. The van der Waals surface area contributed by atoms with Gasteiger partial charge in [0.15, 0.2) is 0 Å². The molecule has 2 nitrogen and oxygen atoms in total. The molecule has 1 aromatic carbocycles. The Morgan fingerprint density at radius 2 is 2.23 bits per heavy atom. The van der Waals surface area contributed by atoms with Crippen molar-refractivity contribution >= 4 is 0 Å². The van der Waals surface area contributed by atoms with Crippen LogP contribution in [0.2, 0.25) is 0 Å². The molecule has 0 bridgehead atoms. The zero-order chi connectivity index (χ0) is 9.68. The SMILES string of the molecule is Cc1cccc(CCC(C)NO)c1. The maximum Gasteiger partial charge on any atom is 0.0294 e. The van der Waals surface area contributed by atoms with Gasteiger partial charge in [-0.2, -0.15) is 0 Å². The van der Waals surface area contributed by atoms with E-state index in [0.29, 0.717) is 0 Å². The Kier molecular flexibility index (Phi) is 3.93. The van der Waals surface area contributed by atoms with E-state index >= 15 is 0 Å². The maximum absolute atomic E-state index is 8.62. The molecule has 13 heavy (non-hydrogen) atoms. The zero-order valence-electron chi connectivity index (χ0n) is 8.25. The average molecular weight is 179 g/mol. The molecule has 0 saturated heterocycles. The highest BCUT2D eigenvalue weighted by molar-refractivity contribution is 5.22. The lowest BCUT2D eigenvalue weighted by molar-refractivity contribution is 0.129. The third-order valence-corrected chi connectivity index (χ3v) is 2.17. The van der Waals surface area contributed by atoms with E-state index in [-0.39, 0.29) is 6.04 Å². The fourth-order valence-electron chi connectivity index (χ4n) is 1.32. The number of aryl methyl sites for hydroxylation is 2. The van der Waals surface area contributed by atoms with E-state index in [1.807, 2.05) is 6.92 Å². The summed E-state index contributed by atoms with van der Waals surface area (Å²) in [5.41, 5.74) is 4.88. The van der Waals surface area contributed by atoms with E-state index in [1.165, 1.54) is 11.1 Å². The fraction of sp³-hybridized carbons (Fsp3) is 0.455. The van der Waals surface area contributed by atoms with Crippen molar-refractivity contribution in [2.75, 3.05) is 0 Å². The number of hydrogen-bond donors (Lipinski definition) is 2. The third-order valence-electron chi connectivity index (χ3n) is 2.17. The van der Waals surface area contributed by atoms with Crippen LogP contribution in [0.1, 0.15) is 24.5 Å². The van der Waals surface area contributed by atoms with Gasteiger partial charge in [-0.25, -0.2) is 5.48 Å². The number of benzene rings is 1. The molecule has 72 valence electrons. The van der Waals surface area contributed by atoms with Gasteiger partial charge in [0.1, 0.15) is 0 Å². The lowest BCUT2D eigenvalue weighted by atomic mass is 10.0. The molecule has 1 aromatic rings. The van der Waals surface area contributed by atoms with Crippen LogP contribution in [0.4, 0.5) is 0 Å². The Labute approximate surface area is 79.6 Å². The molecule has 0 aliphatic heterocycles. The normalized spacial score (nSPS) is 12.8. The van der Waals surface area contributed by atoms with E-state index in [1.54, 1.807) is 0 Å². The molecule has 1 unspecified atom stereocenters. The summed E-state index contributed by atoms with van der Waals surface area (Å²) in [7, 11) is 0. The molecule has 0 spiro atoms. The van der Waals surface area contributed by atoms with Crippen LogP contribution in [0.5, 0.6) is 0 Å². The van der Waals surface area contributed by atoms with Gasteiger partial charge in [0, 0.05) is 6.04 Å². The molecule has 0 amide bonds. The van der Waals surface area contributed by atoms with Crippen molar-refractivity contribution in [1.82, 2.24) is 5.48 Å². The van der Waals surface area contributed by atoms with Crippen LogP contribution in [-0.4, -0.2) is 11.2 Å². The second kappa shape index (κ2) is 5.00. The van der Waals surface area contributed by atoms with Gasteiger partial charge in [0.25, 0.3) is 0 Å². The molecule has 2 heteroatoms. The summed E-state index contributed by atoms with van der Waals surface area (Å²) < 4.78 is 0. The molecule has 0 aromatic heterocycles. The van der Waals surface area contributed by atoms with Gasteiger partial charge in [-0.05, 0) is 32.3 Å². The average Bonchev–Trinajstić information content (AvgIpc) is 2.14. The summed E-state index contributed by atoms with van der Waals surface area (Å²) in [5.74, 6) is 0. The van der Waals surface area contributed by atoms with Crippen LogP contribution >= 0.6 is 0 Å². The molecule has 0 saturated carbocycles. The van der Waals surface area contributed by atoms with Gasteiger partial charge in [0.2, 0.25) is 0 Å². The van der Waals surface area contributed by atoms with Crippen LogP contribution in [0, 0.1) is 6.92 Å². The second-order valence-electron chi connectivity index (χ2n) is 3.56. The second-order valence-corrected chi connectivity index (χ2v) is 3.56. The molecule has 0 heterocycles. The van der Waals surface area contributed by atoms with Gasteiger partial charge in [-0.3, -0.25) is 0 Å². The van der Waals surface area contributed by atoms with Crippen molar-refractivity contribution in [3.8, 4) is 0 Å². The highest BCUT2D eigenvalue weighted by atomic mass is 16.5. The summed E-state index contributed by atoms with van der Waals surface area (Å²) in [6.45, 7) is 4.06. The molecule has 0 fully saturated rings. The molecular weight excluding hydrogens is 162 g/mol. The summed E-state index contributed by atoms with van der Waals surface area (Å²) in [5, 5.41) is 8.62. The van der Waals surface area contributed by atoms with Crippen LogP contribution in [0.25, 0.3) is 0 Å². The summed E-state index contributed by atoms with van der Waals surface area (Å²) >= 11 is 0. The minimum absolute atomic E-state index is 0.167. The number of hydroxylamine groups is 1. The number of rotatable bonds is 4. The molecular formula is C11H17NO. The van der Waals surface area contributed by atoms with Crippen LogP contribution in [0.15, 0.2) is 24.3 Å². The maximum atomic E-state index is 8.62. The third kappa shape index (κ3) is 3.57. The molecule has 1 rings (SSSR count). The molecule has 0 radical (unpaired) electrons. The van der Waals surface area contributed by atoms with Crippen molar-refractivity contribution in [3.63, 3.8) is 0 Å². The first kappa shape index (κ1) is 10.2. The van der Waals surface area contributed by atoms with E-state index in [0.717, 1.165) is 12.8 Å². The van der Waals surface area contributed by atoms with E-state index in [2.05, 4.69) is 36.7 Å². The Morgan fingerprint density at radius 1 is 1.46 bits per heavy atom. The van der Waals surface area contributed by atoms with E-state index in [4.69, 9.17) is 5.21 Å². The zero-order valence-corrected chi connectivity index (χ0v) is 8.25. The predicted molar refractivity (Wildman–Crippen MR) is 53.9 cm³/mol. The minimum Gasteiger partial charge on any atom is -0.317 e. The largest absolute Gasteiger partial charge is 0.317 e. The first-order chi connectivity index (χ1) is 6.22. The smallest absolute Gasteiger partial charge is 0.0294 e.